The quantitative estimate of drug-likeness (QED) is 0.732. The van der Waals surface area contributed by atoms with Crippen LogP contribution in [0.3, 0.4) is 0 Å². The van der Waals surface area contributed by atoms with E-state index in [1.807, 2.05) is 49.4 Å². The van der Waals surface area contributed by atoms with Gasteiger partial charge in [0.1, 0.15) is 0 Å². The second kappa shape index (κ2) is 5.88. The van der Waals surface area contributed by atoms with Crippen molar-refractivity contribution in [3.05, 3.63) is 71.4 Å². The molecule has 4 heteroatoms. The maximum atomic E-state index is 11.4. The minimum atomic E-state index is -0.840. The molecule has 0 atom stereocenters. The summed E-state index contributed by atoms with van der Waals surface area (Å²) in [6, 6.07) is 18.3. The number of hydrogen-bond donors (Lipinski definition) is 2. The van der Waals surface area contributed by atoms with E-state index < -0.39 is 5.97 Å². The Morgan fingerprint density at radius 3 is 2.48 bits per heavy atom. The van der Waals surface area contributed by atoms with Gasteiger partial charge in [0, 0.05) is 22.3 Å². The molecule has 4 nitrogen and oxygen atoms in total. The van der Waals surface area contributed by atoms with E-state index in [4.69, 9.17) is 0 Å². The summed E-state index contributed by atoms with van der Waals surface area (Å²) in [7, 11) is 0. The van der Waals surface area contributed by atoms with Crippen LogP contribution >= 0.6 is 0 Å². The normalized spacial score (nSPS) is 15.1. The lowest BCUT2D eigenvalue weighted by Crippen LogP contribution is -2.21. The van der Waals surface area contributed by atoms with Gasteiger partial charge >= 0.3 is 5.97 Å². The number of fused-ring (bicyclic) bond motifs is 1. The maximum Gasteiger partial charge on any atom is 0.307 e. The zero-order chi connectivity index (χ0) is 17.4. The molecule has 0 aliphatic heterocycles. The van der Waals surface area contributed by atoms with E-state index in [0.717, 1.165) is 40.7 Å². The molecule has 4 rings (SSSR count). The number of aliphatic carboxylic acids is 1. The average Bonchev–Trinajstić information content (AvgIpc) is 3.39. The monoisotopic (exact) mass is 332 g/mol. The number of hydrogen-bond acceptors (Lipinski definition) is 3. The molecule has 25 heavy (non-hydrogen) atoms. The minimum absolute atomic E-state index is 0.0309. The highest BCUT2D eigenvalue weighted by Crippen LogP contribution is 2.49. The van der Waals surface area contributed by atoms with E-state index in [0.29, 0.717) is 0 Å². The third-order valence-electron chi connectivity index (χ3n) is 4.97. The van der Waals surface area contributed by atoms with E-state index in [1.165, 1.54) is 5.56 Å². The molecule has 1 aromatic heterocycles. The first-order chi connectivity index (χ1) is 12.1. The molecule has 0 bridgehead atoms. The molecule has 0 saturated heterocycles. The molecule has 1 saturated carbocycles. The highest BCUT2D eigenvalue weighted by atomic mass is 16.4. The summed E-state index contributed by atoms with van der Waals surface area (Å²) in [5.74, 6) is -0.840. The SMILES string of the molecule is Cc1nc2ccccc2c(NC2(c3ccccc3)CC2)c1CC(=O)O. The number of anilines is 1. The van der Waals surface area contributed by atoms with Crippen molar-refractivity contribution < 1.29 is 9.90 Å². The first kappa shape index (κ1) is 15.6. The number of carboxylic acid groups (broad SMARTS) is 1. The average molecular weight is 332 g/mol. The van der Waals surface area contributed by atoms with Gasteiger partial charge in [0.15, 0.2) is 0 Å². The number of carbonyl (C=O) groups is 1. The summed E-state index contributed by atoms with van der Waals surface area (Å²) in [6.45, 7) is 1.89. The van der Waals surface area contributed by atoms with Crippen molar-refractivity contribution in [1.82, 2.24) is 4.98 Å². The van der Waals surface area contributed by atoms with Gasteiger partial charge in [0.05, 0.1) is 17.5 Å². The Labute approximate surface area is 146 Å². The Kier molecular flexibility index (Phi) is 3.68. The summed E-state index contributed by atoms with van der Waals surface area (Å²) < 4.78 is 0. The van der Waals surface area contributed by atoms with E-state index >= 15 is 0 Å². The first-order valence-electron chi connectivity index (χ1n) is 8.53. The van der Waals surface area contributed by atoms with E-state index in [-0.39, 0.29) is 12.0 Å². The summed E-state index contributed by atoms with van der Waals surface area (Å²) >= 11 is 0. The van der Waals surface area contributed by atoms with Crippen LogP contribution in [0.15, 0.2) is 54.6 Å². The number of nitrogens with one attached hydrogen (secondary N) is 1. The second-order valence-corrected chi connectivity index (χ2v) is 6.71. The lowest BCUT2D eigenvalue weighted by molar-refractivity contribution is -0.136. The van der Waals surface area contributed by atoms with Crippen molar-refractivity contribution in [2.24, 2.45) is 0 Å². The van der Waals surface area contributed by atoms with Gasteiger partial charge in [-0.05, 0) is 31.4 Å². The number of aromatic nitrogens is 1. The number of carboxylic acids is 1. The fourth-order valence-electron chi connectivity index (χ4n) is 3.49. The molecule has 0 spiro atoms. The van der Waals surface area contributed by atoms with Crippen LogP contribution in [0.25, 0.3) is 10.9 Å². The Bertz CT molecular complexity index is 947. The first-order valence-corrected chi connectivity index (χ1v) is 8.53. The third-order valence-corrected chi connectivity index (χ3v) is 4.97. The molecule has 3 aromatic rings. The smallest absolute Gasteiger partial charge is 0.307 e. The fourth-order valence-corrected chi connectivity index (χ4v) is 3.49. The van der Waals surface area contributed by atoms with Crippen LogP contribution < -0.4 is 5.32 Å². The Hall–Kier alpha value is -2.88. The van der Waals surface area contributed by atoms with Gasteiger partial charge in [-0.2, -0.15) is 0 Å². The van der Waals surface area contributed by atoms with Crippen molar-refractivity contribution in [2.75, 3.05) is 5.32 Å². The number of rotatable bonds is 5. The fraction of sp³-hybridized carbons (Fsp3) is 0.238. The molecule has 2 aromatic carbocycles. The lowest BCUT2D eigenvalue weighted by Gasteiger charge is -2.23. The van der Waals surface area contributed by atoms with Gasteiger partial charge in [-0.1, -0.05) is 48.5 Å². The summed E-state index contributed by atoms with van der Waals surface area (Å²) in [5, 5.41) is 14.0. The number of pyridine rings is 1. The van der Waals surface area contributed by atoms with E-state index in [9.17, 15) is 9.90 Å². The van der Waals surface area contributed by atoms with Crippen LogP contribution in [0.5, 0.6) is 0 Å². The van der Waals surface area contributed by atoms with Gasteiger partial charge in [0.2, 0.25) is 0 Å². The molecule has 0 radical (unpaired) electrons. The third kappa shape index (κ3) is 2.84. The molecular weight excluding hydrogens is 312 g/mol. The van der Waals surface area contributed by atoms with E-state index in [2.05, 4.69) is 22.4 Å². The molecule has 126 valence electrons. The molecule has 0 amide bonds. The molecular formula is C21H20N2O2. The minimum Gasteiger partial charge on any atom is -0.481 e. The van der Waals surface area contributed by atoms with Gasteiger partial charge < -0.3 is 10.4 Å². The van der Waals surface area contributed by atoms with Gasteiger partial charge in [-0.3, -0.25) is 9.78 Å². The topological polar surface area (TPSA) is 62.2 Å². The van der Waals surface area contributed by atoms with Gasteiger partial charge in [0.25, 0.3) is 0 Å². The maximum absolute atomic E-state index is 11.4. The zero-order valence-corrected chi connectivity index (χ0v) is 14.1. The highest BCUT2D eigenvalue weighted by molar-refractivity contribution is 5.95. The standard InChI is InChI=1S/C21H20N2O2/c1-14-17(13-19(24)25)20(16-9-5-6-10-18(16)22-14)23-21(11-12-21)15-7-3-2-4-8-15/h2-10H,11-13H2,1H3,(H,22,23)(H,24,25). The van der Waals surface area contributed by atoms with Crippen LogP contribution in [0.1, 0.15) is 29.7 Å². The van der Waals surface area contributed by atoms with Crippen molar-refractivity contribution in [3.63, 3.8) is 0 Å². The van der Waals surface area contributed by atoms with Crippen molar-refractivity contribution in [3.8, 4) is 0 Å². The van der Waals surface area contributed by atoms with Crippen LogP contribution in [0.4, 0.5) is 5.69 Å². The molecule has 1 aliphatic rings. The Morgan fingerprint density at radius 2 is 1.80 bits per heavy atom. The zero-order valence-electron chi connectivity index (χ0n) is 14.1. The number of nitrogens with zero attached hydrogens (tertiary/aromatic N) is 1. The van der Waals surface area contributed by atoms with Crippen LogP contribution in [-0.2, 0) is 16.8 Å². The number of benzene rings is 2. The predicted molar refractivity (Wildman–Crippen MR) is 98.8 cm³/mol. The van der Waals surface area contributed by atoms with Gasteiger partial charge in [-0.25, -0.2) is 0 Å². The number of para-hydroxylation sites is 1. The molecule has 1 aliphatic carbocycles. The molecule has 0 unspecified atom stereocenters. The van der Waals surface area contributed by atoms with Crippen LogP contribution in [-0.4, -0.2) is 16.1 Å². The Balaban J connectivity index is 1.86. The number of aryl methyl sites for hydroxylation is 1. The second-order valence-electron chi connectivity index (χ2n) is 6.71. The van der Waals surface area contributed by atoms with Crippen molar-refractivity contribution in [2.45, 2.75) is 31.7 Å². The van der Waals surface area contributed by atoms with E-state index in [1.54, 1.807) is 0 Å². The largest absolute Gasteiger partial charge is 0.481 e. The molecule has 1 fully saturated rings. The van der Waals surface area contributed by atoms with Gasteiger partial charge in [-0.15, -0.1) is 0 Å². The Morgan fingerprint density at radius 1 is 1.12 bits per heavy atom. The van der Waals surface area contributed by atoms with Crippen molar-refractivity contribution >= 4 is 22.6 Å². The summed E-state index contributed by atoms with van der Waals surface area (Å²) in [5.41, 5.74) is 4.48. The predicted octanol–water partition coefficient (Wildman–Crippen LogP) is 4.27. The lowest BCUT2D eigenvalue weighted by atomic mass is 9.99. The van der Waals surface area contributed by atoms with Crippen molar-refractivity contribution in [1.29, 1.82) is 0 Å². The van der Waals surface area contributed by atoms with Crippen LogP contribution in [0, 0.1) is 6.92 Å². The summed E-state index contributed by atoms with van der Waals surface area (Å²) in [6.07, 6.45) is 2.05. The highest BCUT2D eigenvalue weighted by Gasteiger charge is 2.45. The van der Waals surface area contributed by atoms with Crippen LogP contribution in [0.2, 0.25) is 0 Å². The molecule has 2 N–H and O–H groups in total. The summed E-state index contributed by atoms with van der Waals surface area (Å²) in [4.78, 5) is 16.0. The molecule has 1 heterocycles.